The summed E-state index contributed by atoms with van der Waals surface area (Å²) >= 11 is 4.36. The van der Waals surface area contributed by atoms with E-state index in [9.17, 15) is 9.59 Å². The Morgan fingerprint density at radius 1 is 1.06 bits per heavy atom. The molecule has 4 rings (SSSR count). The van der Waals surface area contributed by atoms with Gasteiger partial charge in [-0.2, -0.15) is 0 Å². The number of fused-ring (bicyclic) bond motifs is 3. The van der Waals surface area contributed by atoms with Crippen LogP contribution in [0.5, 0.6) is 5.75 Å². The SMILES string of the molecule is CCOC(=O)C1=CC2(SC=C(C(=O)OCC)S2)C2=C(S1)C(C)(C)Nc1cc(OC)ccc12. The van der Waals surface area contributed by atoms with Gasteiger partial charge in [-0.1, -0.05) is 23.5 Å². The lowest BCUT2D eigenvalue weighted by Crippen LogP contribution is -2.40. The molecule has 0 radical (unpaired) electrons. The molecule has 1 N–H and O–H groups in total. The van der Waals surface area contributed by atoms with E-state index < -0.39 is 9.62 Å². The molecular formula is C23H25NO5S3. The van der Waals surface area contributed by atoms with Crippen LogP contribution in [-0.2, 0) is 19.1 Å². The summed E-state index contributed by atoms with van der Waals surface area (Å²) in [6, 6.07) is 5.94. The van der Waals surface area contributed by atoms with Gasteiger partial charge in [0.1, 0.15) is 14.7 Å². The molecule has 0 amide bonds. The molecule has 0 aliphatic carbocycles. The lowest BCUT2D eigenvalue weighted by atomic mass is 9.87. The molecule has 3 aliphatic heterocycles. The number of ether oxygens (including phenoxy) is 3. The molecule has 9 heteroatoms. The number of nitrogens with one attached hydrogen (secondary N) is 1. The molecule has 170 valence electrons. The molecule has 0 saturated carbocycles. The highest BCUT2D eigenvalue weighted by Crippen LogP contribution is 2.65. The quantitative estimate of drug-likeness (QED) is 0.546. The van der Waals surface area contributed by atoms with Crippen molar-refractivity contribution < 1.29 is 23.8 Å². The minimum atomic E-state index is -0.687. The lowest BCUT2D eigenvalue weighted by Gasteiger charge is -2.44. The van der Waals surface area contributed by atoms with Crippen molar-refractivity contribution in [3.8, 4) is 5.75 Å². The first-order chi connectivity index (χ1) is 15.2. The number of hydrogen-bond donors (Lipinski definition) is 1. The van der Waals surface area contributed by atoms with Gasteiger partial charge in [0.25, 0.3) is 0 Å². The summed E-state index contributed by atoms with van der Waals surface area (Å²) in [5.74, 6) is 0.0513. The van der Waals surface area contributed by atoms with E-state index in [1.165, 1.54) is 35.3 Å². The average molecular weight is 492 g/mol. The lowest BCUT2D eigenvalue weighted by molar-refractivity contribution is -0.138. The molecule has 1 atom stereocenters. The van der Waals surface area contributed by atoms with Crippen molar-refractivity contribution in [1.82, 2.24) is 0 Å². The summed E-state index contributed by atoms with van der Waals surface area (Å²) in [7, 11) is 1.64. The Bertz CT molecular complexity index is 1080. The molecule has 0 aromatic heterocycles. The maximum absolute atomic E-state index is 12.8. The Morgan fingerprint density at radius 2 is 1.75 bits per heavy atom. The van der Waals surface area contributed by atoms with Gasteiger partial charge < -0.3 is 19.5 Å². The van der Waals surface area contributed by atoms with E-state index in [1.807, 2.05) is 29.7 Å². The maximum Gasteiger partial charge on any atom is 0.345 e. The fourth-order valence-corrected chi connectivity index (χ4v) is 8.18. The molecule has 3 aliphatic rings. The number of hydrogen-bond acceptors (Lipinski definition) is 9. The zero-order chi connectivity index (χ0) is 23.1. The summed E-state index contributed by atoms with van der Waals surface area (Å²) in [6.07, 6.45) is 1.93. The number of carbonyl (C=O) groups excluding carboxylic acids is 2. The van der Waals surface area contributed by atoms with Gasteiger partial charge in [0.2, 0.25) is 0 Å². The zero-order valence-electron chi connectivity index (χ0n) is 18.6. The van der Waals surface area contributed by atoms with E-state index in [1.54, 1.807) is 21.0 Å². The number of carbonyl (C=O) groups is 2. The van der Waals surface area contributed by atoms with Crippen LogP contribution in [0.25, 0.3) is 5.57 Å². The standard InChI is InChI=1S/C23H25NO5S3/c1-6-28-20(25)16-11-23(30-12-17(32-23)21(26)29-7-2)18-14-9-8-13(27-5)10-15(14)24-22(3,4)19(18)31-16/h8-12,24H,6-7H2,1-5H3. The third-order valence-corrected chi connectivity index (χ3v) is 9.44. The van der Waals surface area contributed by atoms with E-state index >= 15 is 0 Å². The Morgan fingerprint density at radius 3 is 2.41 bits per heavy atom. The minimum absolute atomic E-state index is 0.298. The molecule has 32 heavy (non-hydrogen) atoms. The van der Waals surface area contributed by atoms with Crippen LogP contribution < -0.4 is 10.1 Å². The van der Waals surface area contributed by atoms with Gasteiger partial charge in [0.05, 0.1) is 30.8 Å². The van der Waals surface area contributed by atoms with Crippen molar-refractivity contribution in [2.75, 3.05) is 25.6 Å². The van der Waals surface area contributed by atoms with E-state index in [2.05, 4.69) is 19.2 Å². The van der Waals surface area contributed by atoms with Crippen molar-refractivity contribution in [1.29, 1.82) is 0 Å². The van der Waals surface area contributed by atoms with Crippen molar-refractivity contribution in [3.63, 3.8) is 0 Å². The van der Waals surface area contributed by atoms with E-state index in [-0.39, 0.29) is 11.9 Å². The van der Waals surface area contributed by atoms with Crippen molar-refractivity contribution in [3.05, 3.63) is 50.0 Å². The molecule has 0 bridgehead atoms. The third-order valence-electron chi connectivity index (χ3n) is 5.18. The van der Waals surface area contributed by atoms with Crippen LogP contribution in [0.2, 0.25) is 0 Å². The Balaban J connectivity index is 1.87. The van der Waals surface area contributed by atoms with Gasteiger partial charge in [-0.05, 0) is 51.3 Å². The predicted molar refractivity (Wildman–Crippen MR) is 133 cm³/mol. The molecule has 1 aromatic carbocycles. The van der Waals surface area contributed by atoms with Gasteiger partial charge in [-0.15, -0.1) is 11.8 Å². The van der Waals surface area contributed by atoms with Crippen LogP contribution in [0.3, 0.4) is 0 Å². The Hall–Kier alpha value is -1.97. The largest absolute Gasteiger partial charge is 0.497 e. The van der Waals surface area contributed by atoms with E-state index in [0.29, 0.717) is 23.0 Å². The first-order valence-corrected chi connectivity index (χ1v) is 12.8. The van der Waals surface area contributed by atoms with Gasteiger partial charge in [0, 0.05) is 27.8 Å². The number of anilines is 1. The fraction of sp³-hybridized carbons (Fsp3) is 0.391. The molecule has 3 heterocycles. The molecule has 1 spiro atoms. The predicted octanol–water partition coefficient (Wildman–Crippen LogP) is 5.39. The number of benzene rings is 1. The number of esters is 2. The molecule has 1 unspecified atom stereocenters. The smallest absolute Gasteiger partial charge is 0.345 e. The summed E-state index contributed by atoms with van der Waals surface area (Å²) in [6.45, 7) is 8.36. The first kappa shape index (κ1) is 23.2. The second-order valence-corrected chi connectivity index (χ2v) is 11.5. The average Bonchev–Trinajstić information content (AvgIpc) is 3.17. The van der Waals surface area contributed by atoms with E-state index in [4.69, 9.17) is 14.2 Å². The van der Waals surface area contributed by atoms with Gasteiger partial charge >= 0.3 is 11.9 Å². The van der Waals surface area contributed by atoms with Crippen LogP contribution in [0, 0.1) is 0 Å². The van der Waals surface area contributed by atoms with Crippen molar-refractivity contribution in [2.24, 2.45) is 0 Å². The Labute approximate surface area is 200 Å². The van der Waals surface area contributed by atoms with Crippen LogP contribution in [-0.4, -0.2) is 41.9 Å². The highest BCUT2D eigenvalue weighted by molar-refractivity contribution is 8.25. The summed E-state index contributed by atoms with van der Waals surface area (Å²) in [5, 5.41) is 5.43. The monoisotopic (exact) mass is 491 g/mol. The van der Waals surface area contributed by atoms with Crippen LogP contribution in [0.15, 0.2) is 44.4 Å². The molecular weight excluding hydrogens is 466 g/mol. The van der Waals surface area contributed by atoms with Crippen molar-refractivity contribution >= 4 is 58.5 Å². The molecule has 0 saturated heterocycles. The van der Waals surface area contributed by atoms with Crippen LogP contribution in [0.1, 0.15) is 33.3 Å². The fourth-order valence-electron chi connectivity index (χ4n) is 3.83. The summed E-state index contributed by atoms with van der Waals surface area (Å²) in [5.41, 5.74) is 2.59. The summed E-state index contributed by atoms with van der Waals surface area (Å²) < 4.78 is 15.3. The van der Waals surface area contributed by atoms with E-state index in [0.717, 1.165) is 27.5 Å². The Kier molecular flexibility index (Phi) is 6.35. The normalized spacial score (nSPS) is 22.9. The highest BCUT2D eigenvalue weighted by Gasteiger charge is 2.51. The zero-order valence-corrected chi connectivity index (χ0v) is 21.0. The van der Waals surface area contributed by atoms with Gasteiger partial charge in [-0.25, -0.2) is 9.59 Å². The number of rotatable bonds is 5. The van der Waals surface area contributed by atoms with Gasteiger partial charge in [-0.3, -0.25) is 0 Å². The second kappa shape index (κ2) is 8.76. The van der Waals surface area contributed by atoms with Crippen molar-refractivity contribution in [2.45, 2.75) is 37.3 Å². The van der Waals surface area contributed by atoms with Gasteiger partial charge in [0.15, 0.2) is 0 Å². The first-order valence-electron chi connectivity index (χ1n) is 10.3. The van der Waals surface area contributed by atoms with Crippen LogP contribution in [0.4, 0.5) is 5.69 Å². The minimum Gasteiger partial charge on any atom is -0.497 e. The molecule has 1 aromatic rings. The second-order valence-electron chi connectivity index (χ2n) is 7.79. The van der Waals surface area contributed by atoms with Crippen LogP contribution >= 0.6 is 35.3 Å². The topological polar surface area (TPSA) is 73.9 Å². The molecule has 0 fully saturated rings. The highest BCUT2D eigenvalue weighted by atomic mass is 32.2. The molecule has 6 nitrogen and oxygen atoms in total. The third kappa shape index (κ3) is 3.95. The number of methoxy groups -OCH3 is 1. The maximum atomic E-state index is 12.8. The summed E-state index contributed by atoms with van der Waals surface area (Å²) in [4.78, 5) is 27.4. The number of thioether (sulfide) groups is 3.